The van der Waals surface area contributed by atoms with E-state index in [1.54, 1.807) is 0 Å². The minimum absolute atomic E-state index is 0.00162. The van der Waals surface area contributed by atoms with Crippen molar-refractivity contribution >= 4 is 11.6 Å². The van der Waals surface area contributed by atoms with Crippen molar-refractivity contribution in [3.05, 3.63) is 124 Å². The predicted octanol–water partition coefficient (Wildman–Crippen LogP) is 6.36. The Bertz CT molecular complexity index is 1310. The fraction of sp³-hybridized carbons (Fsp3) is 0.107. The number of amides is 1. The normalized spacial score (nSPS) is 15.3. The van der Waals surface area contributed by atoms with Gasteiger partial charge in [0.15, 0.2) is 0 Å². The highest BCUT2D eigenvalue weighted by Crippen LogP contribution is 2.58. The third-order valence-electron chi connectivity index (χ3n) is 6.37. The van der Waals surface area contributed by atoms with Crippen molar-refractivity contribution in [2.24, 2.45) is 0 Å². The molecule has 0 unspecified atom stereocenters. The number of ether oxygens (including phenoxy) is 1. The van der Waals surface area contributed by atoms with Crippen molar-refractivity contribution in [1.82, 2.24) is 0 Å². The number of hydrogen-bond donors (Lipinski definition) is 0. The smallest absolute Gasteiger partial charge is 0.260 e. The Morgan fingerprint density at radius 1 is 0.677 bits per heavy atom. The first-order valence-corrected chi connectivity index (χ1v) is 10.5. The Morgan fingerprint density at radius 3 is 1.90 bits per heavy atom. The molecule has 0 saturated carbocycles. The molecule has 0 bridgehead atoms. The van der Waals surface area contributed by atoms with Crippen molar-refractivity contribution in [2.45, 2.75) is 19.4 Å². The molecule has 3 heteroatoms. The van der Waals surface area contributed by atoms with Crippen molar-refractivity contribution in [3.8, 4) is 11.5 Å². The number of nitrogens with zero attached hydrogens (tertiary/aromatic N) is 1. The first-order valence-electron chi connectivity index (χ1n) is 10.5. The maximum Gasteiger partial charge on any atom is 0.260 e. The molecule has 3 nitrogen and oxygen atoms in total. The van der Waals surface area contributed by atoms with Gasteiger partial charge in [-0.3, -0.25) is 9.69 Å². The van der Waals surface area contributed by atoms with E-state index in [1.165, 1.54) is 0 Å². The molecule has 1 amide bonds. The molecular weight excluding hydrogens is 382 g/mol. The molecule has 0 fully saturated rings. The van der Waals surface area contributed by atoms with Crippen LogP contribution in [0.5, 0.6) is 11.5 Å². The summed E-state index contributed by atoms with van der Waals surface area (Å²) in [6.45, 7) is 4.12. The maximum atomic E-state index is 13.9. The largest absolute Gasteiger partial charge is 0.457 e. The molecule has 150 valence electrons. The number of carbonyl (C=O) groups is 1. The van der Waals surface area contributed by atoms with E-state index < -0.39 is 5.54 Å². The van der Waals surface area contributed by atoms with E-state index in [0.29, 0.717) is 0 Å². The van der Waals surface area contributed by atoms with Crippen LogP contribution in [0.15, 0.2) is 91.0 Å². The van der Waals surface area contributed by atoms with E-state index >= 15 is 0 Å². The highest BCUT2D eigenvalue weighted by atomic mass is 16.5. The monoisotopic (exact) mass is 403 g/mol. The Morgan fingerprint density at radius 2 is 1.26 bits per heavy atom. The lowest BCUT2D eigenvalue weighted by Crippen LogP contribution is -2.47. The molecule has 2 aliphatic rings. The third-order valence-corrected chi connectivity index (χ3v) is 6.37. The van der Waals surface area contributed by atoms with Gasteiger partial charge in [-0.2, -0.15) is 0 Å². The molecule has 0 radical (unpaired) electrons. The quantitative estimate of drug-likeness (QED) is 0.370. The van der Waals surface area contributed by atoms with Gasteiger partial charge in [0.05, 0.1) is 0 Å². The van der Waals surface area contributed by atoms with Crippen LogP contribution in [0.3, 0.4) is 0 Å². The molecule has 0 saturated heterocycles. The topological polar surface area (TPSA) is 29.5 Å². The first-order chi connectivity index (χ1) is 15.1. The Hall–Kier alpha value is -3.85. The average molecular weight is 403 g/mol. The summed E-state index contributed by atoms with van der Waals surface area (Å²) in [5.74, 6) is 1.59. The summed E-state index contributed by atoms with van der Waals surface area (Å²) in [7, 11) is 0. The van der Waals surface area contributed by atoms with Crippen LogP contribution < -0.4 is 9.64 Å². The van der Waals surface area contributed by atoms with Crippen LogP contribution in [-0.4, -0.2) is 5.91 Å². The van der Waals surface area contributed by atoms with E-state index in [1.807, 2.05) is 53.4 Å². The van der Waals surface area contributed by atoms with Crippen LogP contribution in [0.1, 0.15) is 38.2 Å². The van der Waals surface area contributed by atoms with Crippen LogP contribution >= 0.6 is 0 Å². The lowest BCUT2D eigenvalue weighted by atomic mass is 9.74. The van der Waals surface area contributed by atoms with Crippen molar-refractivity contribution in [3.63, 3.8) is 0 Å². The average Bonchev–Trinajstić information content (AvgIpc) is 3.03. The zero-order valence-electron chi connectivity index (χ0n) is 17.4. The molecule has 4 aromatic carbocycles. The number of rotatable bonds is 1. The zero-order valence-corrected chi connectivity index (χ0v) is 17.4. The number of fused-ring (bicyclic) bond motifs is 6. The lowest BCUT2D eigenvalue weighted by Gasteiger charge is -2.44. The van der Waals surface area contributed by atoms with Gasteiger partial charge in [-0.15, -0.1) is 0 Å². The zero-order chi connectivity index (χ0) is 21.2. The van der Waals surface area contributed by atoms with E-state index in [4.69, 9.17) is 4.74 Å². The van der Waals surface area contributed by atoms with Crippen LogP contribution in [0.4, 0.5) is 5.69 Å². The first kappa shape index (κ1) is 18.0. The highest BCUT2D eigenvalue weighted by Gasteiger charge is 2.56. The summed E-state index contributed by atoms with van der Waals surface area (Å²) in [4.78, 5) is 15.9. The summed E-state index contributed by atoms with van der Waals surface area (Å²) in [6.07, 6.45) is 0. The van der Waals surface area contributed by atoms with Gasteiger partial charge in [-0.25, -0.2) is 0 Å². The Balaban J connectivity index is 1.80. The maximum absolute atomic E-state index is 13.9. The van der Waals surface area contributed by atoms with Crippen LogP contribution in [0.2, 0.25) is 0 Å². The second-order valence-corrected chi connectivity index (χ2v) is 8.33. The molecule has 0 aromatic heterocycles. The molecule has 0 aliphatic carbocycles. The molecule has 31 heavy (non-hydrogen) atoms. The van der Waals surface area contributed by atoms with Gasteiger partial charge in [0.1, 0.15) is 17.0 Å². The number of benzene rings is 4. The van der Waals surface area contributed by atoms with E-state index in [0.717, 1.165) is 50.6 Å². The second kappa shape index (κ2) is 6.32. The van der Waals surface area contributed by atoms with Gasteiger partial charge in [-0.05, 0) is 55.3 Å². The highest BCUT2D eigenvalue weighted by molar-refractivity contribution is 6.14. The molecule has 4 aromatic rings. The summed E-state index contributed by atoms with van der Waals surface area (Å²) >= 11 is 0. The van der Waals surface area contributed by atoms with Crippen molar-refractivity contribution in [2.75, 3.05) is 4.90 Å². The Kier molecular flexibility index (Phi) is 3.66. The second-order valence-electron chi connectivity index (χ2n) is 8.33. The van der Waals surface area contributed by atoms with E-state index in [2.05, 4.69) is 56.3 Å². The number of anilines is 1. The molecular formula is C28H21NO2. The number of para-hydroxylation sites is 1. The minimum Gasteiger partial charge on any atom is -0.457 e. The SMILES string of the molecule is Cc1ccc2c(c1)Oc1cc(C)ccc1C21c2ccccc2C(=O)N1c1ccccc1. The third kappa shape index (κ3) is 2.32. The molecule has 1 spiro atoms. The summed E-state index contributed by atoms with van der Waals surface area (Å²) in [5, 5.41) is 0. The number of hydrogen-bond acceptors (Lipinski definition) is 2. The van der Waals surface area contributed by atoms with Gasteiger partial charge in [0.25, 0.3) is 5.91 Å². The van der Waals surface area contributed by atoms with Crippen LogP contribution in [0.25, 0.3) is 0 Å². The van der Waals surface area contributed by atoms with Gasteiger partial charge in [-0.1, -0.05) is 60.7 Å². The molecule has 6 rings (SSSR count). The summed E-state index contributed by atoms with van der Waals surface area (Å²) < 4.78 is 6.42. The summed E-state index contributed by atoms with van der Waals surface area (Å²) in [6, 6.07) is 30.4. The van der Waals surface area contributed by atoms with Gasteiger partial charge < -0.3 is 4.74 Å². The van der Waals surface area contributed by atoms with E-state index in [9.17, 15) is 4.79 Å². The number of carbonyl (C=O) groups excluding carboxylic acids is 1. The van der Waals surface area contributed by atoms with Crippen LogP contribution in [0, 0.1) is 13.8 Å². The van der Waals surface area contributed by atoms with Gasteiger partial charge in [0.2, 0.25) is 0 Å². The fourth-order valence-corrected chi connectivity index (χ4v) is 5.09. The number of aryl methyl sites for hydroxylation is 2. The molecule has 2 heterocycles. The van der Waals surface area contributed by atoms with Crippen LogP contribution in [-0.2, 0) is 5.54 Å². The van der Waals surface area contributed by atoms with Gasteiger partial charge in [0, 0.05) is 27.9 Å². The molecule has 0 N–H and O–H groups in total. The fourth-order valence-electron chi connectivity index (χ4n) is 5.09. The van der Waals surface area contributed by atoms with Gasteiger partial charge >= 0.3 is 0 Å². The van der Waals surface area contributed by atoms with Crippen molar-refractivity contribution in [1.29, 1.82) is 0 Å². The Labute approximate surface area is 181 Å². The summed E-state index contributed by atoms with van der Waals surface area (Å²) in [5.41, 5.74) is 5.99. The predicted molar refractivity (Wildman–Crippen MR) is 122 cm³/mol. The molecule has 0 atom stereocenters. The standard InChI is InChI=1S/C28H21NO2/c1-18-12-14-23-25(16-18)31-26-17-19(2)13-15-24(26)28(23)22-11-7-6-10-21(22)27(30)29(28)20-8-4-3-5-9-20/h3-17H,1-2H3. The van der Waals surface area contributed by atoms with E-state index in [-0.39, 0.29) is 5.91 Å². The minimum atomic E-state index is -0.792. The lowest BCUT2D eigenvalue weighted by molar-refractivity contribution is 0.0986. The van der Waals surface area contributed by atoms with Crippen molar-refractivity contribution < 1.29 is 9.53 Å². The molecule has 2 aliphatic heterocycles.